The Morgan fingerprint density at radius 1 is 1.21 bits per heavy atom. The summed E-state index contributed by atoms with van der Waals surface area (Å²) in [5.41, 5.74) is 1.77. The SMILES string of the molecule is CCN(CC)S(=O)(=O)c1ccc(OC)c(NC(=O)C2CC(=O)N(c3ccc(C)c(Cl)c3)C2)c1. The Morgan fingerprint density at radius 2 is 1.91 bits per heavy atom. The third kappa shape index (κ3) is 5.15. The van der Waals surface area contributed by atoms with Gasteiger partial charge in [0.15, 0.2) is 0 Å². The Bertz CT molecular complexity index is 1160. The van der Waals surface area contributed by atoms with Gasteiger partial charge in [-0.1, -0.05) is 31.5 Å². The van der Waals surface area contributed by atoms with Gasteiger partial charge in [0.05, 0.1) is 23.6 Å². The average Bonchev–Trinajstić information content (AvgIpc) is 3.18. The number of amides is 2. The van der Waals surface area contributed by atoms with E-state index >= 15 is 0 Å². The van der Waals surface area contributed by atoms with Gasteiger partial charge < -0.3 is 15.0 Å². The van der Waals surface area contributed by atoms with Crippen molar-refractivity contribution in [2.45, 2.75) is 32.1 Å². The lowest BCUT2D eigenvalue weighted by Crippen LogP contribution is -2.31. The smallest absolute Gasteiger partial charge is 0.243 e. The van der Waals surface area contributed by atoms with Crippen LogP contribution in [0.25, 0.3) is 0 Å². The van der Waals surface area contributed by atoms with Crippen LogP contribution in [0, 0.1) is 12.8 Å². The Balaban J connectivity index is 1.82. The normalized spacial score (nSPS) is 16.4. The molecule has 3 rings (SSSR count). The van der Waals surface area contributed by atoms with Crippen molar-refractivity contribution in [3.8, 4) is 5.75 Å². The monoisotopic (exact) mass is 493 g/mol. The summed E-state index contributed by atoms with van der Waals surface area (Å²) in [5, 5.41) is 3.30. The van der Waals surface area contributed by atoms with Crippen LogP contribution in [0.5, 0.6) is 5.75 Å². The number of aryl methyl sites for hydroxylation is 1. The summed E-state index contributed by atoms with van der Waals surface area (Å²) in [5.74, 6) is -0.849. The van der Waals surface area contributed by atoms with E-state index in [2.05, 4.69) is 5.32 Å². The molecule has 1 aliphatic rings. The van der Waals surface area contributed by atoms with Crippen LogP contribution in [0.1, 0.15) is 25.8 Å². The third-order valence-electron chi connectivity index (χ3n) is 5.73. The van der Waals surface area contributed by atoms with E-state index in [1.54, 1.807) is 26.0 Å². The van der Waals surface area contributed by atoms with Gasteiger partial charge in [0.25, 0.3) is 0 Å². The van der Waals surface area contributed by atoms with Gasteiger partial charge in [-0.2, -0.15) is 4.31 Å². The van der Waals surface area contributed by atoms with E-state index in [4.69, 9.17) is 16.3 Å². The number of benzene rings is 2. The predicted molar refractivity (Wildman–Crippen MR) is 128 cm³/mol. The van der Waals surface area contributed by atoms with E-state index in [1.165, 1.54) is 34.5 Å². The van der Waals surface area contributed by atoms with Crippen molar-refractivity contribution >= 4 is 44.8 Å². The number of ether oxygens (including phenoxy) is 1. The molecule has 8 nitrogen and oxygen atoms in total. The highest BCUT2D eigenvalue weighted by Gasteiger charge is 2.36. The zero-order chi connectivity index (χ0) is 24.3. The van der Waals surface area contributed by atoms with Gasteiger partial charge in [-0.25, -0.2) is 8.42 Å². The zero-order valence-electron chi connectivity index (χ0n) is 19.1. The van der Waals surface area contributed by atoms with E-state index < -0.39 is 15.9 Å². The molecule has 0 aromatic heterocycles. The number of hydrogen-bond donors (Lipinski definition) is 1. The predicted octanol–water partition coefficient (Wildman–Crippen LogP) is 3.68. The van der Waals surface area contributed by atoms with Gasteiger partial charge >= 0.3 is 0 Å². The second kappa shape index (κ2) is 10.1. The molecule has 1 fully saturated rings. The van der Waals surface area contributed by atoms with Crippen molar-refractivity contribution < 1.29 is 22.7 Å². The Labute approximate surface area is 199 Å². The maximum Gasteiger partial charge on any atom is 0.243 e. The molecule has 0 bridgehead atoms. The topological polar surface area (TPSA) is 96.0 Å². The number of nitrogens with zero attached hydrogens (tertiary/aromatic N) is 2. The first-order valence-electron chi connectivity index (χ1n) is 10.7. The third-order valence-corrected chi connectivity index (χ3v) is 8.19. The van der Waals surface area contributed by atoms with Gasteiger partial charge in [0.1, 0.15) is 5.75 Å². The molecule has 33 heavy (non-hydrogen) atoms. The summed E-state index contributed by atoms with van der Waals surface area (Å²) < 4.78 is 32.4. The standard InChI is InChI=1S/C23H28ClN3O5S/c1-5-26(6-2)33(30,31)18-9-10-21(32-4)20(13-18)25-23(29)16-11-22(28)27(14-16)17-8-7-15(3)19(24)12-17/h7-10,12-13,16H,5-6,11,14H2,1-4H3,(H,25,29). The number of nitrogens with one attached hydrogen (secondary N) is 1. The van der Waals surface area contributed by atoms with Gasteiger partial charge in [-0.05, 0) is 42.8 Å². The first-order chi connectivity index (χ1) is 15.6. The number of sulfonamides is 1. The van der Waals surface area contributed by atoms with Crippen molar-refractivity contribution in [1.82, 2.24) is 4.31 Å². The highest BCUT2D eigenvalue weighted by Crippen LogP contribution is 2.32. The summed E-state index contributed by atoms with van der Waals surface area (Å²) in [6, 6.07) is 9.67. The fraction of sp³-hybridized carbons (Fsp3) is 0.391. The van der Waals surface area contributed by atoms with Crippen molar-refractivity contribution in [1.29, 1.82) is 0 Å². The maximum absolute atomic E-state index is 13.0. The molecule has 1 unspecified atom stereocenters. The molecular weight excluding hydrogens is 466 g/mol. The Morgan fingerprint density at radius 3 is 2.52 bits per heavy atom. The first-order valence-corrected chi connectivity index (χ1v) is 12.5. The minimum absolute atomic E-state index is 0.0388. The van der Waals surface area contributed by atoms with Crippen LogP contribution in [0.3, 0.4) is 0 Å². The molecule has 178 valence electrons. The average molecular weight is 494 g/mol. The van der Waals surface area contributed by atoms with Gasteiger partial charge in [0, 0.05) is 36.8 Å². The van der Waals surface area contributed by atoms with Crippen molar-refractivity contribution in [3.05, 3.63) is 47.0 Å². The molecule has 1 aliphatic heterocycles. The summed E-state index contributed by atoms with van der Waals surface area (Å²) in [4.78, 5) is 27.2. The number of carbonyl (C=O) groups excluding carboxylic acids is 2. The van der Waals surface area contributed by atoms with E-state index in [1.807, 2.05) is 13.0 Å². The molecule has 1 N–H and O–H groups in total. The van der Waals surface area contributed by atoms with E-state index in [0.29, 0.717) is 29.5 Å². The summed E-state index contributed by atoms with van der Waals surface area (Å²) in [7, 11) is -2.28. The lowest BCUT2D eigenvalue weighted by molar-refractivity contribution is -0.122. The second-order valence-corrected chi connectivity index (χ2v) is 10.1. The minimum Gasteiger partial charge on any atom is -0.495 e. The number of carbonyl (C=O) groups is 2. The van der Waals surface area contributed by atoms with Gasteiger partial charge in [-0.3, -0.25) is 9.59 Å². The molecular formula is C23H28ClN3O5S. The second-order valence-electron chi connectivity index (χ2n) is 7.78. The summed E-state index contributed by atoms with van der Waals surface area (Å²) in [6.07, 6.45) is 0.0388. The maximum atomic E-state index is 13.0. The molecule has 1 heterocycles. The van der Waals surface area contributed by atoms with Gasteiger partial charge in [0.2, 0.25) is 21.8 Å². The number of rotatable bonds is 8. The summed E-state index contributed by atoms with van der Waals surface area (Å²) in [6.45, 7) is 6.25. The van der Waals surface area contributed by atoms with Crippen LogP contribution >= 0.6 is 11.6 Å². The van der Waals surface area contributed by atoms with Crippen LogP contribution in [-0.4, -0.2) is 51.3 Å². The lowest BCUT2D eigenvalue weighted by atomic mass is 10.1. The zero-order valence-corrected chi connectivity index (χ0v) is 20.7. The lowest BCUT2D eigenvalue weighted by Gasteiger charge is -2.20. The molecule has 1 atom stereocenters. The number of anilines is 2. The van der Waals surface area contributed by atoms with Crippen LogP contribution in [0.15, 0.2) is 41.3 Å². The van der Waals surface area contributed by atoms with Crippen LogP contribution in [-0.2, 0) is 19.6 Å². The van der Waals surface area contributed by atoms with Crippen molar-refractivity contribution in [3.63, 3.8) is 0 Å². The molecule has 10 heteroatoms. The van der Waals surface area contributed by atoms with E-state index in [-0.39, 0.29) is 35.4 Å². The summed E-state index contributed by atoms with van der Waals surface area (Å²) >= 11 is 6.19. The largest absolute Gasteiger partial charge is 0.495 e. The fourth-order valence-electron chi connectivity index (χ4n) is 3.78. The van der Waals surface area contributed by atoms with Crippen LogP contribution < -0.4 is 15.0 Å². The molecule has 0 radical (unpaired) electrons. The fourth-order valence-corrected chi connectivity index (χ4v) is 5.43. The Hall–Kier alpha value is -2.62. The van der Waals surface area contributed by atoms with Crippen LogP contribution in [0.2, 0.25) is 5.02 Å². The minimum atomic E-state index is -3.71. The first kappa shape index (κ1) is 25.0. The molecule has 1 saturated heterocycles. The Kier molecular flexibility index (Phi) is 7.66. The highest BCUT2D eigenvalue weighted by molar-refractivity contribution is 7.89. The van der Waals surface area contributed by atoms with Crippen LogP contribution in [0.4, 0.5) is 11.4 Å². The molecule has 2 aromatic rings. The molecule has 2 aromatic carbocycles. The molecule has 0 spiro atoms. The van der Waals surface area contributed by atoms with Crippen molar-refractivity contribution in [2.24, 2.45) is 5.92 Å². The van der Waals surface area contributed by atoms with Gasteiger partial charge in [-0.15, -0.1) is 0 Å². The van der Waals surface area contributed by atoms with Crippen molar-refractivity contribution in [2.75, 3.05) is 37.0 Å². The quantitative estimate of drug-likeness (QED) is 0.605. The number of methoxy groups -OCH3 is 1. The highest BCUT2D eigenvalue weighted by atomic mass is 35.5. The molecule has 0 aliphatic carbocycles. The number of hydrogen-bond acceptors (Lipinski definition) is 5. The van der Waals surface area contributed by atoms with E-state index in [9.17, 15) is 18.0 Å². The van der Waals surface area contributed by atoms with E-state index in [0.717, 1.165) is 5.56 Å². The molecule has 0 saturated carbocycles. The number of halogens is 1. The molecule has 2 amide bonds.